The maximum Gasteiger partial charge on any atom is 0.305 e. The SMILES string of the molecule is COc1ccc(O)c(C(=O)NC2(CC(=O)O)CCOC2)c1. The fourth-order valence-electron chi connectivity index (χ4n) is 2.31. The van der Waals surface area contributed by atoms with Crippen molar-refractivity contribution in [3.63, 3.8) is 0 Å². The Morgan fingerprint density at radius 2 is 2.24 bits per heavy atom. The summed E-state index contributed by atoms with van der Waals surface area (Å²) in [6, 6.07) is 4.27. The molecule has 1 aliphatic heterocycles. The van der Waals surface area contributed by atoms with Crippen LogP contribution in [0.2, 0.25) is 0 Å². The van der Waals surface area contributed by atoms with Gasteiger partial charge in [-0.2, -0.15) is 0 Å². The van der Waals surface area contributed by atoms with Crippen LogP contribution in [0.5, 0.6) is 11.5 Å². The van der Waals surface area contributed by atoms with Crippen LogP contribution in [0.3, 0.4) is 0 Å². The first-order valence-corrected chi connectivity index (χ1v) is 6.45. The molecule has 1 aliphatic rings. The van der Waals surface area contributed by atoms with E-state index in [4.69, 9.17) is 14.6 Å². The van der Waals surface area contributed by atoms with Gasteiger partial charge in [-0.15, -0.1) is 0 Å². The lowest BCUT2D eigenvalue weighted by atomic mass is 9.93. The Bertz CT molecular complexity index is 550. The first-order valence-electron chi connectivity index (χ1n) is 6.45. The van der Waals surface area contributed by atoms with Gasteiger partial charge in [-0.25, -0.2) is 0 Å². The normalized spacial score (nSPS) is 21.0. The Morgan fingerprint density at radius 1 is 1.48 bits per heavy atom. The molecule has 7 nitrogen and oxygen atoms in total. The molecule has 3 N–H and O–H groups in total. The van der Waals surface area contributed by atoms with Crippen LogP contribution in [-0.4, -0.2) is 48.0 Å². The molecular formula is C14H17NO6. The second kappa shape index (κ2) is 6.01. The molecule has 21 heavy (non-hydrogen) atoms. The quantitative estimate of drug-likeness (QED) is 0.741. The molecule has 1 heterocycles. The molecule has 0 spiro atoms. The monoisotopic (exact) mass is 295 g/mol. The number of phenolic OH excluding ortho intramolecular Hbond substituents is 1. The molecule has 7 heteroatoms. The van der Waals surface area contributed by atoms with Crippen LogP contribution >= 0.6 is 0 Å². The molecule has 0 aliphatic carbocycles. The van der Waals surface area contributed by atoms with Gasteiger partial charge in [0.1, 0.15) is 11.5 Å². The number of nitrogens with one attached hydrogen (secondary N) is 1. The molecule has 0 saturated carbocycles. The van der Waals surface area contributed by atoms with Crippen molar-refractivity contribution in [2.75, 3.05) is 20.3 Å². The van der Waals surface area contributed by atoms with Crippen molar-refractivity contribution < 1.29 is 29.3 Å². The molecule has 0 aromatic heterocycles. The number of amides is 1. The fraction of sp³-hybridized carbons (Fsp3) is 0.429. The van der Waals surface area contributed by atoms with Crippen molar-refractivity contribution in [3.8, 4) is 11.5 Å². The minimum Gasteiger partial charge on any atom is -0.507 e. The van der Waals surface area contributed by atoms with Gasteiger partial charge in [0.2, 0.25) is 0 Å². The number of ether oxygens (including phenoxy) is 2. The first-order chi connectivity index (χ1) is 9.96. The zero-order valence-corrected chi connectivity index (χ0v) is 11.6. The second-order valence-electron chi connectivity index (χ2n) is 4.99. The number of hydrogen-bond acceptors (Lipinski definition) is 5. The number of aromatic hydroxyl groups is 1. The topological polar surface area (TPSA) is 105 Å². The smallest absolute Gasteiger partial charge is 0.305 e. The van der Waals surface area contributed by atoms with Crippen LogP contribution in [0.1, 0.15) is 23.2 Å². The number of aliphatic carboxylic acids is 1. The molecule has 1 amide bonds. The van der Waals surface area contributed by atoms with Crippen LogP contribution in [0.4, 0.5) is 0 Å². The van der Waals surface area contributed by atoms with E-state index in [9.17, 15) is 14.7 Å². The maximum atomic E-state index is 12.3. The zero-order chi connectivity index (χ0) is 15.5. The summed E-state index contributed by atoms with van der Waals surface area (Å²) in [4.78, 5) is 23.3. The lowest BCUT2D eigenvalue weighted by molar-refractivity contribution is -0.138. The Hall–Kier alpha value is -2.28. The number of benzene rings is 1. The summed E-state index contributed by atoms with van der Waals surface area (Å²) in [5.41, 5.74) is -0.913. The highest BCUT2D eigenvalue weighted by Gasteiger charge is 2.39. The summed E-state index contributed by atoms with van der Waals surface area (Å²) >= 11 is 0. The van der Waals surface area contributed by atoms with Crippen molar-refractivity contribution in [1.29, 1.82) is 0 Å². The third-order valence-electron chi connectivity index (χ3n) is 3.42. The van der Waals surface area contributed by atoms with E-state index in [1.165, 1.54) is 25.3 Å². The molecule has 1 aromatic carbocycles. The van der Waals surface area contributed by atoms with Crippen molar-refractivity contribution in [1.82, 2.24) is 5.32 Å². The van der Waals surface area contributed by atoms with Crippen molar-refractivity contribution in [2.45, 2.75) is 18.4 Å². The van der Waals surface area contributed by atoms with E-state index in [1.807, 2.05) is 0 Å². The molecule has 0 bridgehead atoms. The number of hydrogen-bond donors (Lipinski definition) is 3. The third kappa shape index (κ3) is 3.43. The highest BCUT2D eigenvalue weighted by molar-refractivity contribution is 5.98. The van der Waals surface area contributed by atoms with Gasteiger partial charge in [0, 0.05) is 6.61 Å². The summed E-state index contributed by atoms with van der Waals surface area (Å²) in [6.07, 6.45) is 0.180. The van der Waals surface area contributed by atoms with Gasteiger partial charge in [-0.05, 0) is 24.6 Å². The lowest BCUT2D eigenvalue weighted by Crippen LogP contribution is -2.50. The van der Waals surface area contributed by atoms with Crippen LogP contribution < -0.4 is 10.1 Å². The van der Waals surface area contributed by atoms with E-state index >= 15 is 0 Å². The van der Waals surface area contributed by atoms with E-state index in [1.54, 1.807) is 0 Å². The van der Waals surface area contributed by atoms with Crippen molar-refractivity contribution >= 4 is 11.9 Å². The average Bonchev–Trinajstić information content (AvgIpc) is 2.86. The number of rotatable bonds is 5. The first kappa shape index (κ1) is 15.1. The Morgan fingerprint density at radius 3 is 2.81 bits per heavy atom. The maximum absolute atomic E-state index is 12.3. The second-order valence-corrected chi connectivity index (χ2v) is 4.99. The van der Waals surface area contributed by atoms with Gasteiger partial charge in [-0.3, -0.25) is 9.59 Å². The predicted octanol–water partition coefficient (Wildman–Crippen LogP) is 0.764. The predicted molar refractivity (Wildman–Crippen MR) is 72.5 cm³/mol. The number of methoxy groups -OCH3 is 1. The minimum atomic E-state index is -1.02. The summed E-state index contributed by atoms with van der Waals surface area (Å²) in [5, 5.41) is 21.4. The van der Waals surface area contributed by atoms with Gasteiger partial charge in [-0.1, -0.05) is 0 Å². The summed E-state index contributed by atoms with van der Waals surface area (Å²) in [7, 11) is 1.45. The van der Waals surface area contributed by atoms with Gasteiger partial charge in [0.05, 0.1) is 31.2 Å². The number of carbonyl (C=O) groups excluding carboxylic acids is 1. The number of carboxylic acids is 1. The molecule has 0 radical (unpaired) electrons. The van der Waals surface area contributed by atoms with Gasteiger partial charge in [0.25, 0.3) is 5.91 Å². The molecule has 114 valence electrons. The minimum absolute atomic E-state index is 0.0333. The molecule has 1 unspecified atom stereocenters. The molecule has 1 fully saturated rings. The molecular weight excluding hydrogens is 278 g/mol. The van der Waals surface area contributed by atoms with Crippen molar-refractivity contribution in [2.24, 2.45) is 0 Å². The number of carbonyl (C=O) groups is 2. The van der Waals surface area contributed by atoms with Gasteiger partial charge in [0.15, 0.2) is 0 Å². The lowest BCUT2D eigenvalue weighted by Gasteiger charge is -2.27. The molecule has 2 rings (SSSR count). The van der Waals surface area contributed by atoms with E-state index in [0.29, 0.717) is 18.8 Å². The van der Waals surface area contributed by atoms with E-state index in [2.05, 4.69) is 5.32 Å². The van der Waals surface area contributed by atoms with Gasteiger partial charge < -0.3 is 25.0 Å². The van der Waals surface area contributed by atoms with Crippen LogP contribution in [-0.2, 0) is 9.53 Å². The third-order valence-corrected chi connectivity index (χ3v) is 3.42. The largest absolute Gasteiger partial charge is 0.507 e. The molecule has 1 atom stereocenters. The van der Waals surface area contributed by atoms with Crippen LogP contribution in [0.25, 0.3) is 0 Å². The molecule has 1 saturated heterocycles. The van der Waals surface area contributed by atoms with Crippen LogP contribution in [0.15, 0.2) is 18.2 Å². The highest BCUT2D eigenvalue weighted by atomic mass is 16.5. The number of phenols is 1. The summed E-state index contributed by atoms with van der Waals surface area (Å²) in [5.74, 6) is -1.35. The van der Waals surface area contributed by atoms with E-state index in [-0.39, 0.29) is 24.3 Å². The van der Waals surface area contributed by atoms with E-state index < -0.39 is 17.4 Å². The van der Waals surface area contributed by atoms with Crippen molar-refractivity contribution in [3.05, 3.63) is 23.8 Å². The Labute approximate surface area is 121 Å². The molecule has 1 aromatic rings. The number of carboxylic acid groups (broad SMARTS) is 1. The Balaban J connectivity index is 2.21. The highest BCUT2D eigenvalue weighted by Crippen LogP contribution is 2.27. The van der Waals surface area contributed by atoms with E-state index in [0.717, 1.165) is 0 Å². The Kier molecular flexibility index (Phi) is 4.32. The standard InChI is InChI=1S/C14H17NO6/c1-20-9-2-3-11(16)10(6-9)13(19)15-14(7-12(17)18)4-5-21-8-14/h2-3,6,16H,4-5,7-8H2,1H3,(H,15,19)(H,17,18). The summed E-state index contributed by atoms with van der Waals surface area (Å²) < 4.78 is 10.2. The van der Waals surface area contributed by atoms with Gasteiger partial charge >= 0.3 is 5.97 Å². The average molecular weight is 295 g/mol. The zero-order valence-electron chi connectivity index (χ0n) is 11.6. The van der Waals surface area contributed by atoms with Crippen LogP contribution in [0, 0.1) is 0 Å². The summed E-state index contributed by atoms with van der Waals surface area (Å²) in [6.45, 7) is 0.521. The fourth-order valence-corrected chi connectivity index (χ4v) is 2.31.